The molecule has 9 heteroatoms. The third kappa shape index (κ3) is 3.50. The highest BCUT2D eigenvalue weighted by molar-refractivity contribution is 14.1. The first kappa shape index (κ1) is 18.8. The number of carbonyl (C=O) groups is 3. The largest absolute Gasteiger partial charge is 0.504 e. The lowest BCUT2D eigenvalue weighted by Gasteiger charge is -2.26. The van der Waals surface area contributed by atoms with Crippen molar-refractivity contribution in [2.24, 2.45) is 0 Å². The van der Waals surface area contributed by atoms with Gasteiger partial charge in [-0.1, -0.05) is 12.1 Å². The Kier molecular flexibility index (Phi) is 5.13. The van der Waals surface area contributed by atoms with Crippen molar-refractivity contribution in [3.05, 3.63) is 56.9 Å². The first-order valence-corrected chi connectivity index (χ1v) is 8.64. The second-order valence-electron chi connectivity index (χ2n) is 5.46. The van der Waals surface area contributed by atoms with Crippen LogP contribution in [0.4, 0.5) is 14.9 Å². The van der Waals surface area contributed by atoms with Gasteiger partial charge >= 0.3 is 6.03 Å². The molecule has 1 heterocycles. The highest BCUT2D eigenvalue weighted by Gasteiger charge is 2.38. The van der Waals surface area contributed by atoms with Gasteiger partial charge < -0.3 is 9.84 Å². The van der Waals surface area contributed by atoms with E-state index in [1.165, 1.54) is 43.5 Å². The number of urea groups is 1. The maximum atomic E-state index is 14.0. The van der Waals surface area contributed by atoms with Gasteiger partial charge in [0.05, 0.1) is 16.4 Å². The second kappa shape index (κ2) is 7.35. The van der Waals surface area contributed by atoms with E-state index < -0.39 is 23.7 Å². The number of para-hydroxylation sites is 1. The molecule has 0 saturated carbocycles. The number of amides is 4. The molecule has 0 atom stereocenters. The first-order chi connectivity index (χ1) is 12.8. The van der Waals surface area contributed by atoms with Crippen molar-refractivity contribution in [1.29, 1.82) is 0 Å². The Bertz CT molecular complexity index is 1010. The lowest BCUT2D eigenvalue weighted by molar-refractivity contribution is -0.122. The third-order valence-electron chi connectivity index (χ3n) is 3.78. The van der Waals surface area contributed by atoms with Gasteiger partial charge in [0.1, 0.15) is 11.4 Å². The number of phenolic OH excluding ortho intramolecular Hbond substituents is 1. The van der Waals surface area contributed by atoms with Gasteiger partial charge in [-0.05, 0) is 58.5 Å². The van der Waals surface area contributed by atoms with Crippen molar-refractivity contribution in [2.45, 2.75) is 0 Å². The molecule has 0 spiro atoms. The summed E-state index contributed by atoms with van der Waals surface area (Å²) in [6.45, 7) is 0. The average Bonchev–Trinajstić information content (AvgIpc) is 2.62. The molecule has 138 valence electrons. The van der Waals surface area contributed by atoms with E-state index in [0.29, 0.717) is 14.0 Å². The molecule has 0 aromatic heterocycles. The van der Waals surface area contributed by atoms with Crippen LogP contribution in [-0.4, -0.2) is 30.1 Å². The Morgan fingerprint density at radius 3 is 2.59 bits per heavy atom. The van der Waals surface area contributed by atoms with Gasteiger partial charge in [0, 0.05) is 0 Å². The summed E-state index contributed by atoms with van der Waals surface area (Å²) in [7, 11) is 1.36. The number of ether oxygens (including phenoxy) is 1. The molecule has 1 aliphatic rings. The summed E-state index contributed by atoms with van der Waals surface area (Å²) in [6, 6.07) is 7.15. The SMILES string of the molecule is COc1cc(/C=C2/C(=O)NC(=O)N(c3ccccc3F)C2=O)cc(I)c1O. The molecule has 4 amide bonds. The van der Waals surface area contributed by atoms with E-state index in [1.807, 2.05) is 27.9 Å². The van der Waals surface area contributed by atoms with Crippen LogP contribution in [-0.2, 0) is 9.59 Å². The summed E-state index contributed by atoms with van der Waals surface area (Å²) in [5.74, 6) is -2.58. The maximum absolute atomic E-state index is 14.0. The Morgan fingerprint density at radius 2 is 1.93 bits per heavy atom. The number of carbonyl (C=O) groups excluding carboxylic acids is 3. The summed E-state index contributed by atoms with van der Waals surface area (Å²) >= 11 is 1.87. The molecule has 0 radical (unpaired) electrons. The summed E-state index contributed by atoms with van der Waals surface area (Å²) in [4.78, 5) is 37.6. The molecule has 0 bridgehead atoms. The smallest absolute Gasteiger partial charge is 0.336 e. The van der Waals surface area contributed by atoms with Gasteiger partial charge in [0.25, 0.3) is 11.8 Å². The van der Waals surface area contributed by atoms with Gasteiger partial charge in [-0.3, -0.25) is 14.9 Å². The topological polar surface area (TPSA) is 95.9 Å². The van der Waals surface area contributed by atoms with Crippen LogP contribution in [0.15, 0.2) is 42.0 Å². The van der Waals surface area contributed by atoms with Crippen LogP contribution in [0.2, 0.25) is 0 Å². The van der Waals surface area contributed by atoms with E-state index in [1.54, 1.807) is 0 Å². The summed E-state index contributed by atoms with van der Waals surface area (Å²) < 4.78 is 19.5. The van der Waals surface area contributed by atoms with Gasteiger partial charge in [-0.15, -0.1) is 0 Å². The van der Waals surface area contributed by atoms with Crippen LogP contribution in [0, 0.1) is 9.39 Å². The molecule has 1 fully saturated rings. The molecule has 7 nitrogen and oxygen atoms in total. The average molecular weight is 482 g/mol. The molecule has 1 saturated heterocycles. The minimum Gasteiger partial charge on any atom is -0.504 e. The number of phenols is 1. The minimum atomic E-state index is -1.04. The van der Waals surface area contributed by atoms with Crippen molar-refractivity contribution in [3.8, 4) is 11.5 Å². The van der Waals surface area contributed by atoms with Gasteiger partial charge in [0.2, 0.25) is 0 Å². The predicted molar refractivity (Wildman–Crippen MR) is 103 cm³/mol. The fourth-order valence-electron chi connectivity index (χ4n) is 2.51. The van der Waals surface area contributed by atoms with Gasteiger partial charge in [0.15, 0.2) is 11.5 Å². The monoisotopic (exact) mass is 482 g/mol. The van der Waals surface area contributed by atoms with Crippen LogP contribution in [0.5, 0.6) is 11.5 Å². The van der Waals surface area contributed by atoms with Crippen molar-refractivity contribution >= 4 is 52.2 Å². The zero-order valence-electron chi connectivity index (χ0n) is 13.8. The summed E-state index contributed by atoms with van der Waals surface area (Å²) in [5.41, 5.74) is -0.243. The fourth-order valence-corrected chi connectivity index (χ4v) is 3.13. The van der Waals surface area contributed by atoms with Gasteiger partial charge in [-0.2, -0.15) is 0 Å². The summed E-state index contributed by atoms with van der Waals surface area (Å²) in [6.07, 6.45) is 1.24. The fraction of sp³-hybridized carbons (Fsp3) is 0.0556. The highest BCUT2D eigenvalue weighted by atomic mass is 127. The number of hydrogen-bond donors (Lipinski definition) is 2. The van der Waals surface area contributed by atoms with E-state index in [9.17, 15) is 23.9 Å². The highest BCUT2D eigenvalue weighted by Crippen LogP contribution is 2.33. The van der Waals surface area contributed by atoms with Crippen LogP contribution in [0.1, 0.15) is 5.56 Å². The van der Waals surface area contributed by atoms with E-state index in [4.69, 9.17) is 4.74 Å². The Labute approximate surface area is 166 Å². The normalized spacial score (nSPS) is 15.9. The number of barbiturate groups is 1. The summed E-state index contributed by atoms with van der Waals surface area (Å²) in [5, 5.41) is 11.9. The molecule has 0 aliphatic carbocycles. The molecule has 0 unspecified atom stereocenters. The number of anilines is 1. The number of imide groups is 2. The lowest BCUT2D eigenvalue weighted by atomic mass is 10.1. The van der Waals surface area contributed by atoms with Crippen molar-refractivity contribution in [1.82, 2.24) is 5.32 Å². The number of methoxy groups -OCH3 is 1. The third-order valence-corrected chi connectivity index (χ3v) is 4.60. The van der Waals surface area contributed by atoms with E-state index in [0.717, 1.165) is 6.07 Å². The van der Waals surface area contributed by atoms with E-state index >= 15 is 0 Å². The first-order valence-electron chi connectivity index (χ1n) is 7.56. The van der Waals surface area contributed by atoms with Crippen molar-refractivity contribution in [2.75, 3.05) is 12.0 Å². The quantitative estimate of drug-likeness (QED) is 0.399. The number of rotatable bonds is 3. The molecule has 1 aliphatic heterocycles. The molecule has 2 aromatic carbocycles. The van der Waals surface area contributed by atoms with Gasteiger partial charge in [-0.25, -0.2) is 14.1 Å². The Balaban J connectivity index is 2.08. The van der Waals surface area contributed by atoms with Crippen LogP contribution in [0.3, 0.4) is 0 Å². The van der Waals surface area contributed by atoms with Crippen molar-refractivity contribution in [3.63, 3.8) is 0 Å². The van der Waals surface area contributed by atoms with Crippen LogP contribution in [0.25, 0.3) is 6.08 Å². The molecule has 3 rings (SSSR count). The predicted octanol–water partition coefficient (Wildman–Crippen LogP) is 2.81. The second-order valence-corrected chi connectivity index (χ2v) is 6.63. The number of nitrogens with one attached hydrogen (secondary N) is 1. The molecule has 2 aromatic rings. The zero-order valence-corrected chi connectivity index (χ0v) is 16.0. The Morgan fingerprint density at radius 1 is 1.22 bits per heavy atom. The standard InChI is InChI=1S/C18H12FIN2O5/c1-27-14-8-9(7-12(20)15(14)23)6-10-16(24)21-18(26)22(17(10)25)13-5-3-2-4-11(13)19/h2-8,23H,1H3,(H,21,24,26)/b10-6-. The lowest BCUT2D eigenvalue weighted by Crippen LogP contribution is -2.54. The number of benzene rings is 2. The number of hydrogen-bond acceptors (Lipinski definition) is 5. The molecule has 2 N–H and O–H groups in total. The van der Waals surface area contributed by atoms with E-state index in [2.05, 4.69) is 0 Å². The van der Waals surface area contributed by atoms with E-state index in [-0.39, 0.29) is 22.8 Å². The van der Waals surface area contributed by atoms with Crippen LogP contribution < -0.4 is 15.0 Å². The van der Waals surface area contributed by atoms with Crippen LogP contribution >= 0.6 is 22.6 Å². The minimum absolute atomic E-state index is 0.0807. The Hall–Kier alpha value is -2.95. The van der Waals surface area contributed by atoms with Crippen molar-refractivity contribution < 1.29 is 28.6 Å². The number of halogens is 2. The maximum Gasteiger partial charge on any atom is 0.336 e. The number of nitrogens with zero attached hydrogens (tertiary/aromatic N) is 1. The zero-order chi connectivity index (χ0) is 19.7. The molecular weight excluding hydrogens is 470 g/mol. The molecule has 27 heavy (non-hydrogen) atoms. The molecular formula is C18H12FIN2O5. The number of aromatic hydroxyl groups is 1.